The van der Waals surface area contributed by atoms with Crippen molar-refractivity contribution in [1.82, 2.24) is 24.9 Å². The number of hydrogen-bond donors (Lipinski definition) is 3. The lowest BCUT2D eigenvalue weighted by Gasteiger charge is -2.12. The summed E-state index contributed by atoms with van der Waals surface area (Å²) < 4.78 is 5.75. The number of benzene rings is 1. The summed E-state index contributed by atoms with van der Waals surface area (Å²) in [4.78, 5) is 41.0. The number of hydrogen-bond acceptors (Lipinski definition) is 6. The molecule has 9 heteroatoms. The molecule has 3 aromatic heterocycles. The van der Waals surface area contributed by atoms with Crippen LogP contribution in [0.2, 0.25) is 0 Å². The second-order valence-corrected chi connectivity index (χ2v) is 5.90. The highest BCUT2D eigenvalue weighted by atomic mass is 16.5. The minimum atomic E-state index is -1.08. The van der Waals surface area contributed by atoms with E-state index in [2.05, 4.69) is 24.9 Å². The molecule has 0 aliphatic heterocycles. The van der Waals surface area contributed by atoms with Crippen LogP contribution >= 0.6 is 0 Å². The van der Waals surface area contributed by atoms with Crippen molar-refractivity contribution >= 4 is 17.1 Å². The van der Waals surface area contributed by atoms with Crippen LogP contribution in [0.3, 0.4) is 0 Å². The quantitative estimate of drug-likeness (QED) is 0.486. The largest absolute Gasteiger partial charge is 0.493 e. The lowest BCUT2D eigenvalue weighted by atomic mass is 10.0. The Bertz CT molecular complexity index is 1230. The fraction of sp³-hybridized carbons (Fsp3) is 0.105. The van der Waals surface area contributed by atoms with Crippen LogP contribution in [-0.4, -0.2) is 42.6 Å². The Morgan fingerprint density at radius 2 is 2.00 bits per heavy atom. The average Bonchev–Trinajstić information content (AvgIpc) is 3.17. The fourth-order valence-electron chi connectivity index (χ4n) is 2.84. The van der Waals surface area contributed by atoms with Gasteiger partial charge in [-0.15, -0.1) is 0 Å². The van der Waals surface area contributed by atoms with E-state index in [1.54, 1.807) is 18.2 Å². The van der Waals surface area contributed by atoms with Crippen molar-refractivity contribution in [1.29, 1.82) is 0 Å². The molecule has 9 nitrogen and oxygen atoms in total. The van der Waals surface area contributed by atoms with Crippen LogP contribution in [0.5, 0.6) is 5.75 Å². The van der Waals surface area contributed by atoms with Crippen LogP contribution in [0.15, 0.2) is 47.7 Å². The van der Waals surface area contributed by atoms with Gasteiger partial charge in [-0.2, -0.15) is 0 Å². The van der Waals surface area contributed by atoms with E-state index in [1.165, 1.54) is 18.6 Å². The standard InChI is InChI=1S/C19H15N5O4/c1-2-28-14-7-10(11-4-6-13(19(26)27)20-8-11)3-5-12(14)16-23-17-15(18(25)24-16)21-9-22-17/h3-9H,2H2,1H3,(H,26,27)(H2,21,22,23,24,25). The third-order valence-electron chi connectivity index (χ3n) is 4.14. The summed E-state index contributed by atoms with van der Waals surface area (Å²) >= 11 is 0. The molecule has 0 unspecified atom stereocenters. The van der Waals surface area contributed by atoms with Crippen LogP contribution < -0.4 is 10.3 Å². The molecule has 3 N–H and O–H groups in total. The van der Waals surface area contributed by atoms with Gasteiger partial charge in [-0.25, -0.2) is 19.7 Å². The third kappa shape index (κ3) is 3.09. The van der Waals surface area contributed by atoms with Gasteiger partial charge in [0, 0.05) is 11.8 Å². The molecule has 4 rings (SSSR count). The zero-order valence-electron chi connectivity index (χ0n) is 14.8. The van der Waals surface area contributed by atoms with E-state index >= 15 is 0 Å². The summed E-state index contributed by atoms with van der Waals surface area (Å²) in [6.45, 7) is 2.27. The number of carbonyl (C=O) groups is 1. The normalized spacial score (nSPS) is 10.9. The van der Waals surface area contributed by atoms with Gasteiger partial charge in [0.2, 0.25) is 0 Å². The molecule has 0 fully saturated rings. The summed E-state index contributed by atoms with van der Waals surface area (Å²) in [5.41, 5.74) is 2.40. The second kappa shape index (κ2) is 6.95. The SMILES string of the molecule is CCOc1cc(-c2ccc(C(=O)O)nc2)ccc1-c1nc2[nH]cnc2c(=O)[nH]1. The van der Waals surface area contributed by atoms with E-state index in [1.807, 2.05) is 13.0 Å². The van der Waals surface area contributed by atoms with Crippen molar-refractivity contribution in [3.8, 4) is 28.3 Å². The van der Waals surface area contributed by atoms with Gasteiger partial charge >= 0.3 is 5.97 Å². The van der Waals surface area contributed by atoms with Crippen molar-refractivity contribution in [3.05, 3.63) is 58.9 Å². The maximum Gasteiger partial charge on any atom is 0.354 e. The van der Waals surface area contributed by atoms with Crippen molar-refractivity contribution in [2.45, 2.75) is 6.92 Å². The van der Waals surface area contributed by atoms with Crippen LogP contribution in [0.25, 0.3) is 33.7 Å². The van der Waals surface area contributed by atoms with Gasteiger partial charge in [0.25, 0.3) is 5.56 Å². The van der Waals surface area contributed by atoms with Crippen LogP contribution in [0.1, 0.15) is 17.4 Å². The molecule has 0 amide bonds. The highest BCUT2D eigenvalue weighted by molar-refractivity contribution is 5.86. The Morgan fingerprint density at radius 3 is 2.71 bits per heavy atom. The van der Waals surface area contributed by atoms with Crippen LogP contribution in [0, 0.1) is 0 Å². The first-order chi connectivity index (χ1) is 13.6. The van der Waals surface area contributed by atoms with E-state index in [9.17, 15) is 9.59 Å². The summed E-state index contributed by atoms with van der Waals surface area (Å²) in [6.07, 6.45) is 2.90. The molecular formula is C19H15N5O4. The lowest BCUT2D eigenvalue weighted by Crippen LogP contribution is -2.10. The Labute approximate surface area is 158 Å². The molecule has 0 bridgehead atoms. The maximum atomic E-state index is 12.2. The van der Waals surface area contributed by atoms with Crippen molar-refractivity contribution < 1.29 is 14.6 Å². The molecule has 0 saturated heterocycles. The van der Waals surface area contributed by atoms with E-state index in [0.717, 1.165) is 11.1 Å². The monoisotopic (exact) mass is 377 g/mol. The number of carboxylic acid groups (broad SMARTS) is 1. The van der Waals surface area contributed by atoms with Gasteiger partial charge in [0.05, 0.1) is 18.5 Å². The number of nitrogens with zero attached hydrogens (tertiary/aromatic N) is 3. The molecule has 0 atom stereocenters. The van der Waals surface area contributed by atoms with Gasteiger partial charge < -0.3 is 19.8 Å². The number of pyridine rings is 1. The van der Waals surface area contributed by atoms with Gasteiger partial charge in [0.15, 0.2) is 11.2 Å². The molecule has 0 spiro atoms. The van der Waals surface area contributed by atoms with E-state index in [4.69, 9.17) is 9.84 Å². The Morgan fingerprint density at radius 1 is 1.18 bits per heavy atom. The molecular weight excluding hydrogens is 362 g/mol. The number of aromatic nitrogens is 5. The lowest BCUT2D eigenvalue weighted by molar-refractivity contribution is 0.0690. The van der Waals surface area contributed by atoms with Gasteiger partial charge in [-0.05, 0) is 30.7 Å². The molecule has 3 heterocycles. The smallest absolute Gasteiger partial charge is 0.354 e. The summed E-state index contributed by atoms with van der Waals surface area (Å²) in [5.74, 6) is -0.193. The van der Waals surface area contributed by atoms with Gasteiger partial charge in [0.1, 0.15) is 17.3 Å². The van der Waals surface area contributed by atoms with Crippen molar-refractivity contribution in [2.24, 2.45) is 0 Å². The van der Waals surface area contributed by atoms with E-state index in [0.29, 0.717) is 29.4 Å². The number of imidazole rings is 1. The fourth-order valence-corrected chi connectivity index (χ4v) is 2.84. The molecule has 0 aliphatic rings. The Kier molecular flexibility index (Phi) is 4.32. The molecule has 1 aromatic carbocycles. The zero-order chi connectivity index (χ0) is 19.7. The molecule has 0 radical (unpaired) electrons. The molecule has 0 saturated carbocycles. The predicted octanol–water partition coefficient (Wildman–Crippen LogP) is 2.47. The first-order valence-electron chi connectivity index (χ1n) is 8.47. The summed E-state index contributed by atoms with van der Waals surface area (Å²) in [5, 5.41) is 8.98. The van der Waals surface area contributed by atoms with Gasteiger partial charge in [-0.1, -0.05) is 12.1 Å². The number of rotatable bonds is 5. The maximum absolute atomic E-state index is 12.2. The molecule has 28 heavy (non-hydrogen) atoms. The third-order valence-corrected chi connectivity index (χ3v) is 4.14. The number of nitrogens with one attached hydrogen (secondary N) is 2. The minimum Gasteiger partial charge on any atom is -0.493 e. The molecule has 4 aromatic rings. The number of aromatic amines is 2. The van der Waals surface area contributed by atoms with E-state index < -0.39 is 5.97 Å². The molecule has 140 valence electrons. The van der Waals surface area contributed by atoms with E-state index in [-0.39, 0.29) is 16.8 Å². The Hall–Kier alpha value is -4.01. The highest BCUT2D eigenvalue weighted by Crippen LogP contribution is 2.32. The number of ether oxygens (including phenoxy) is 1. The van der Waals surface area contributed by atoms with Gasteiger partial charge in [-0.3, -0.25) is 4.79 Å². The minimum absolute atomic E-state index is 0.0277. The van der Waals surface area contributed by atoms with Crippen molar-refractivity contribution in [2.75, 3.05) is 6.61 Å². The molecule has 0 aliphatic carbocycles. The predicted molar refractivity (Wildman–Crippen MR) is 101 cm³/mol. The topological polar surface area (TPSA) is 134 Å². The first kappa shape index (κ1) is 17.4. The number of aromatic carboxylic acids is 1. The zero-order valence-corrected chi connectivity index (χ0v) is 14.8. The number of H-pyrrole nitrogens is 2. The van der Waals surface area contributed by atoms with Crippen molar-refractivity contribution in [3.63, 3.8) is 0 Å². The first-order valence-corrected chi connectivity index (χ1v) is 8.47. The Balaban J connectivity index is 1.80. The summed E-state index contributed by atoms with van der Waals surface area (Å²) in [7, 11) is 0. The second-order valence-electron chi connectivity index (χ2n) is 5.90. The number of carboxylic acids is 1. The highest BCUT2D eigenvalue weighted by Gasteiger charge is 2.14. The number of fused-ring (bicyclic) bond motifs is 1. The van der Waals surface area contributed by atoms with Crippen LogP contribution in [0.4, 0.5) is 0 Å². The van der Waals surface area contributed by atoms with Crippen LogP contribution in [-0.2, 0) is 0 Å². The average molecular weight is 377 g/mol. The summed E-state index contributed by atoms with van der Waals surface area (Å²) in [6, 6.07) is 8.53.